The zero-order valence-corrected chi connectivity index (χ0v) is 23.8. The molecule has 0 atom stereocenters. The standard InChI is InChI=1S/C39H23N5/c1-25-18-33(24-42)36(30-14-16-43-17-15-30)21-37(25)44-38-19-31(28-6-2-26(22-40)3-7-28)10-12-34(38)35-13-11-32(20-39(35)44)29-8-4-27(23-41)5-9-29/h2-21H,1H3. The Morgan fingerprint density at radius 2 is 1.02 bits per heavy atom. The number of nitriles is 3. The van der Waals surface area contributed by atoms with Crippen molar-refractivity contribution in [2.45, 2.75) is 6.92 Å². The van der Waals surface area contributed by atoms with Crippen molar-refractivity contribution >= 4 is 21.8 Å². The molecule has 7 aromatic rings. The van der Waals surface area contributed by atoms with Crippen LogP contribution in [-0.4, -0.2) is 9.55 Å². The summed E-state index contributed by atoms with van der Waals surface area (Å²) in [5, 5.41) is 30.9. The van der Waals surface area contributed by atoms with Gasteiger partial charge in [-0.3, -0.25) is 4.98 Å². The molecule has 0 aliphatic heterocycles. The van der Waals surface area contributed by atoms with Crippen LogP contribution in [0.2, 0.25) is 0 Å². The van der Waals surface area contributed by atoms with Crippen LogP contribution in [0.15, 0.2) is 122 Å². The Balaban J connectivity index is 1.53. The average Bonchev–Trinajstić information content (AvgIpc) is 3.41. The Labute approximate surface area is 254 Å². The lowest BCUT2D eigenvalue weighted by molar-refractivity contribution is 1.15. The molecule has 2 heterocycles. The third-order valence-electron chi connectivity index (χ3n) is 8.15. The topological polar surface area (TPSA) is 89.2 Å². The van der Waals surface area contributed by atoms with Crippen molar-refractivity contribution in [1.82, 2.24) is 9.55 Å². The first-order valence-corrected chi connectivity index (χ1v) is 14.1. The van der Waals surface area contributed by atoms with E-state index in [4.69, 9.17) is 0 Å². The molecule has 0 aliphatic rings. The number of hydrogen-bond donors (Lipinski definition) is 0. The number of fused-ring (bicyclic) bond motifs is 3. The van der Waals surface area contributed by atoms with Gasteiger partial charge in [0.05, 0.1) is 45.9 Å². The summed E-state index contributed by atoms with van der Waals surface area (Å²) in [5.74, 6) is 0. The van der Waals surface area contributed by atoms with E-state index in [1.807, 2.05) is 73.7 Å². The van der Waals surface area contributed by atoms with Gasteiger partial charge in [-0.05, 0) is 101 Å². The van der Waals surface area contributed by atoms with E-state index >= 15 is 0 Å². The number of benzene rings is 5. The summed E-state index contributed by atoms with van der Waals surface area (Å²) >= 11 is 0. The number of aromatic nitrogens is 2. The van der Waals surface area contributed by atoms with Crippen LogP contribution in [-0.2, 0) is 0 Å². The van der Waals surface area contributed by atoms with Crippen LogP contribution in [0.5, 0.6) is 0 Å². The summed E-state index contributed by atoms with van der Waals surface area (Å²) in [6.45, 7) is 2.04. The molecular formula is C39H23N5. The number of pyridine rings is 1. The molecule has 0 unspecified atom stereocenters. The van der Waals surface area contributed by atoms with Gasteiger partial charge in [-0.2, -0.15) is 15.8 Å². The van der Waals surface area contributed by atoms with Crippen molar-refractivity contribution in [3.05, 3.63) is 144 Å². The molecule has 0 radical (unpaired) electrons. The molecule has 0 amide bonds. The summed E-state index contributed by atoms with van der Waals surface area (Å²) in [5.41, 5.74) is 11.8. The summed E-state index contributed by atoms with van der Waals surface area (Å²) in [4.78, 5) is 4.17. The molecular weight excluding hydrogens is 538 g/mol. The molecule has 5 heteroatoms. The van der Waals surface area contributed by atoms with Gasteiger partial charge in [-0.15, -0.1) is 0 Å². The second-order valence-electron chi connectivity index (χ2n) is 10.7. The lowest BCUT2D eigenvalue weighted by Crippen LogP contribution is -2.00. The lowest BCUT2D eigenvalue weighted by Gasteiger charge is -2.16. The van der Waals surface area contributed by atoms with Crippen molar-refractivity contribution < 1.29 is 0 Å². The maximum Gasteiger partial charge on any atom is 0.0998 e. The Hall–Kier alpha value is -6.48. The van der Waals surface area contributed by atoms with Crippen molar-refractivity contribution in [3.8, 4) is 57.3 Å². The van der Waals surface area contributed by atoms with Crippen molar-refractivity contribution in [3.63, 3.8) is 0 Å². The molecule has 44 heavy (non-hydrogen) atoms. The first kappa shape index (κ1) is 26.4. The van der Waals surface area contributed by atoms with Gasteiger partial charge in [-0.1, -0.05) is 48.5 Å². The van der Waals surface area contributed by atoms with Crippen LogP contribution in [0.4, 0.5) is 0 Å². The smallest absolute Gasteiger partial charge is 0.0998 e. The van der Waals surface area contributed by atoms with Crippen LogP contribution in [0.1, 0.15) is 22.3 Å². The molecule has 5 nitrogen and oxygen atoms in total. The molecule has 0 fully saturated rings. The number of aryl methyl sites for hydroxylation is 1. The molecule has 204 valence electrons. The Morgan fingerprint density at radius 1 is 0.523 bits per heavy atom. The van der Waals surface area contributed by atoms with Gasteiger partial charge in [-0.25, -0.2) is 0 Å². The Kier molecular flexibility index (Phi) is 6.44. The van der Waals surface area contributed by atoms with Crippen molar-refractivity contribution in [2.75, 3.05) is 0 Å². The minimum Gasteiger partial charge on any atom is -0.309 e. The third kappa shape index (κ3) is 4.45. The summed E-state index contributed by atoms with van der Waals surface area (Å²) in [7, 11) is 0. The normalized spacial score (nSPS) is 10.8. The van der Waals surface area contributed by atoms with Crippen LogP contribution < -0.4 is 0 Å². The van der Waals surface area contributed by atoms with Crippen LogP contribution in [0.3, 0.4) is 0 Å². The van der Waals surface area contributed by atoms with Gasteiger partial charge < -0.3 is 4.57 Å². The van der Waals surface area contributed by atoms with E-state index in [0.717, 1.165) is 66.4 Å². The molecule has 7 rings (SSSR count). The molecule has 0 saturated carbocycles. The van der Waals surface area contributed by atoms with E-state index in [9.17, 15) is 15.8 Å². The van der Waals surface area contributed by atoms with Crippen molar-refractivity contribution in [1.29, 1.82) is 15.8 Å². The monoisotopic (exact) mass is 561 g/mol. The zero-order chi connectivity index (χ0) is 30.2. The highest BCUT2D eigenvalue weighted by atomic mass is 15.0. The average molecular weight is 562 g/mol. The molecule has 0 saturated heterocycles. The highest BCUT2D eigenvalue weighted by molar-refractivity contribution is 6.11. The van der Waals surface area contributed by atoms with Gasteiger partial charge >= 0.3 is 0 Å². The first-order chi connectivity index (χ1) is 21.6. The molecule has 5 aromatic carbocycles. The maximum absolute atomic E-state index is 10.1. The lowest BCUT2D eigenvalue weighted by atomic mass is 9.97. The predicted molar refractivity (Wildman–Crippen MR) is 174 cm³/mol. The van der Waals surface area contributed by atoms with Crippen LogP contribution in [0, 0.1) is 40.9 Å². The van der Waals surface area contributed by atoms with Gasteiger partial charge in [0.25, 0.3) is 0 Å². The molecule has 0 aliphatic carbocycles. The molecule has 0 N–H and O–H groups in total. The fourth-order valence-corrected chi connectivity index (χ4v) is 5.91. The van der Waals surface area contributed by atoms with E-state index in [2.05, 4.69) is 70.2 Å². The van der Waals surface area contributed by atoms with Gasteiger partial charge in [0, 0.05) is 34.4 Å². The Bertz CT molecular complexity index is 2230. The molecule has 0 spiro atoms. The van der Waals surface area contributed by atoms with Crippen molar-refractivity contribution in [2.24, 2.45) is 0 Å². The first-order valence-electron chi connectivity index (χ1n) is 14.1. The SMILES string of the molecule is Cc1cc(C#N)c(-c2ccncc2)cc1-n1c2cc(-c3ccc(C#N)cc3)ccc2c2ccc(-c3ccc(C#N)cc3)cc21. The highest BCUT2D eigenvalue weighted by Gasteiger charge is 2.18. The Morgan fingerprint density at radius 3 is 1.50 bits per heavy atom. The van der Waals surface area contributed by atoms with Gasteiger partial charge in [0.2, 0.25) is 0 Å². The minimum absolute atomic E-state index is 0.606. The summed E-state index contributed by atoms with van der Waals surface area (Å²) in [6, 6.07) is 42.9. The largest absolute Gasteiger partial charge is 0.309 e. The van der Waals surface area contributed by atoms with E-state index in [-0.39, 0.29) is 0 Å². The second kappa shape index (κ2) is 10.7. The second-order valence-corrected chi connectivity index (χ2v) is 10.7. The highest BCUT2D eigenvalue weighted by Crippen LogP contribution is 2.39. The number of hydrogen-bond acceptors (Lipinski definition) is 4. The number of rotatable bonds is 4. The van der Waals surface area contributed by atoms with Gasteiger partial charge in [0.1, 0.15) is 0 Å². The predicted octanol–water partition coefficient (Wildman–Crippen LogP) is 9.10. The zero-order valence-electron chi connectivity index (χ0n) is 23.8. The molecule has 0 bridgehead atoms. The quantitative estimate of drug-likeness (QED) is 0.214. The van der Waals surface area contributed by atoms with Crippen LogP contribution >= 0.6 is 0 Å². The van der Waals surface area contributed by atoms with Gasteiger partial charge in [0.15, 0.2) is 0 Å². The van der Waals surface area contributed by atoms with Crippen LogP contribution in [0.25, 0.3) is 60.9 Å². The maximum atomic E-state index is 10.1. The fraction of sp³-hybridized carbons (Fsp3) is 0.0256. The van der Waals surface area contributed by atoms with E-state index in [1.165, 1.54) is 0 Å². The third-order valence-corrected chi connectivity index (χ3v) is 8.15. The summed E-state index contributed by atoms with van der Waals surface area (Å²) < 4.78 is 2.28. The number of nitrogens with zero attached hydrogens (tertiary/aromatic N) is 5. The van der Waals surface area contributed by atoms with E-state index < -0.39 is 0 Å². The summed E-state index contributed by atoms with van der Waals surface area (Å²) in [6.07, 6.45) is 3.48. The fourth-order valence-electron chi connectivity index (χ4n) is 5.91. The minimum atomic E-state index is 0.606. The van der Waals surface area contributed by atoms with E-state index in [1.54, 1.807) is 12.4 Å². The van der Waals surface area contributed by atoms with E-state index in [0.29, 0.717) is 16.7 Å². The molecule has 2 aromatic heterocycles.